The van der Waals surface area contributed by atoms with Gasteiger partial charge in [-0.2, -0.15) is 0 Å². The van der Waals surface area contributed by atoms with E-state index in [1.807, 2.05) is 18.2 Å². The molecule has 0 saturated heterocycles. The minimum Gasteiger partial charge on any atom is -0.349 e. The number of hydrogen-bond acceptors (Lipinski definition) is 1. The standard InChI is InChI=1S/C22H21NO/c24-22(15-18-11-5-9-16-7-1-3-12-19(16)18)23-21-14-6-10-17-8-2-4-13-20(17)21/h1-5,7-9,11-13,21H,6,10,14-15H2,(H,23,24). The Balaban J connectivity index is 1.53. The average Bonchev–Trinajstić information content (AvgIpc) is 2.62. The third kappa shape index (κ3) is 2.92. The number of fused-ring (bicyclic) bond motifs is 2. The minimum atomic E-state index is 0.105. The number of amides is 1. The second-order valence-corrected chi connectivity index (χ2v) is 6.53. The van der Waals surface area contributed by atoms with Gasteiger partial charge >= 0.3 is 0 Å². The lowest BCUT2D eigenvalue weighted by Gasteiger charge is -2.26. The molecule has 3 aromatic carbocycles. The Morgan fingerprint density at radius 3 is 2.71 bits per heavy atom. The highest BCUT2D eigenvalue weighted by Gasteiger charge is 2.21. The molecule has 0 fully saturated rings. The van der Waals surface area contributed by atoms with Crippen LogP contribution in [0.1, 0.15) is 35.6 Å². The molecule has 1 aliphatic carbocycles. The highest BCUT2D eigenvalue weighted by molar-refractivity contribution is 5.90. The topological polar surface area (TPSA) is 29.1 Å². The Hall–Kier alpha value is -2.61. The summed E-state index contributed by atoms with van der Waals surface area (Å²) in [5.74, 6) is 0.105. The molecule has 1 atom stereocenters. The summed E-state index contributed by atoms with van der Waals surface area (Å²) in [7, 11) is 0. The summed E-state index contributed by atoms with van der Waals surface area (Å²) in [5.41, 5.74) is 3.75. The Morgan fingerprint density at radius 1 is 0.958 bits per heavy atom. The molecule has 0 spiro atoms. The molecule has 1 N–H and O–H groups in total. The van der Waals surface area contributed by atoms with E-state index in [9.17, 15) is 4.79 Å². The van der Waals surface area contributed by atoms with Gasteiger partial charge in [0.05, 0.1) is 12.5 Å². The molecule has 0 aliphatic heterocycles. The van der Waals surface area contributed by atoms with E-state index in [1.54, 1.807) is 0 Å². The SMILES string of the molecule is O=C(Cc1cccc2ccccc12)NC1CCCc2ccccc21. The summed E-state index contributed by atoms with van der Waals surface area (Å²) in [6.45, 7) is 0. The molecule has 0 bridgehead atoms. The van der Waals surface area contributed by atoms with Crippen molar-refractivity contribution in [2.45, 2.75) is 31.7 Å². The second kappa shape index (κ2) is 6.48. The van der Waals surface area contributed by atoms with Crippen molar-refractivity contribution in [2.75, 3.05) is 0 Å². The first-order valence-corrected chi connectivity index (χ1v) is 8.65. The second-order valence-electron chi connectivity index (χ2n) is 6.53. The fourth-order valence-corrected chi connectivity index (χ4v) is 3.77. The molecule has 24 heavy (non-hydrogen) atoms. The van der Waals surface area contributed by atoms with Crippen LogP contribution in [0.15, 0.2) is 66.7 Å². The quantitative estimate of drug-likeness (QED) is 0.753. The number of carbonyl (C=O) groups is 1. The minimum absolute atomic E-state index is 0.105. The summed E-state index contributed by atoms with van der Waals surface area (Å²) in [6, 6.07) is 23.0. The fraction of sp³-hybridized carbons (Fsp3) is 0.227. The monoisotopic (exact) mass is 315 g/mol. The van der Waals surface area contributed by atoms with E-state index in [0.717, 1.165) is 24.8 Å². The number of rotatable bonds is 3. The summed E-state index contributed by atoms with van der Waals surface area (Å²) < 4.78 is 0. The van der Waals surface area contributed by atoms with Crippen LogP contribution in [0.2, 0.25) is 0 Å². The number of nitrogens with one attached hydrogen (secondary N) is 1. The normalized spacial score (nSPS) is 16.6. The highest BCUT2D eigenvalue weighted by atomic mass is 16.1. The Kier molecular flexibility index (Phi) is 4.04. The maximum Gasteiger partial charge on any atom is 0.224 e. The highest BCUT2D eigenvalue weighted by Crippen LogP contribution is 2.29. The third-order valence-corrected chi connectivity index (χ3v) is 4.94. The van der Waals surface area contributed by atoms with Crippen LogP contribution in [-0.4, -0.2) is 5.91 Å². The predicted molar refractivity (Wildman–Crippen MR) is 97.9 cm³/mol. The van der Waals surface area contributed by atoms with Gasteiger partial charge in [0.15, 0.2) is 0 Å². The van der Waals surface area contributed by atoms with E-state index in [0.29, 0.717) is 6.42 Å². The van der Waals surface area contributed by atoms with Crippen molar-refractivity contribution in [3.8, 4) is 0 Å². The first-order valence-electron chi connectivity index (χ1n) is 8.65. The zero-order valence-electron chi connectivity index (χ0n) is 13.7. The van der Waals surface area contributed by atoms with E-state index >= 15 is 0 Å². The first-order chi connectivity index (χ1) is 11.8. The van der Waals surface area contributed by atoms with Crippen LogP contribution < -0.4 is 5.32 Å². The predicted octanol–water partition coefficient (Wildman–Crippen LogP) is 4.58. The van der Waals surface area contributed by atoms with Crippen LogP contribution >= 0.6 is 0 Å². The summed E-state index contributed by atoms with van der Waals surface area (Å²) in [6.07, 6.45) is 3.71. The van der Waals surface area contributed by atoms with E-state index < -0.39 is 0 Å². The molecule has 0 aromatic heterocycles. The summed E-state index contributed by atoms with van der Waals surface area (Å²) >= 11 is 0. The number of aryl methyl sites for hydroxylation is 1. The van der Waals surface area contributed by atoms with Crippen LogP contribution in [0.5, 0.6) is 0 Å². The molecule has 3 aromatic rings. The number of benzene rings is 3. The van der Waals surface area contributed by atoms with E-state index in [2.05, 4.69) is 53.8 Å². The molecular weight excluding hydrogens is 294 g/mol. The summed E-state index contributed by atoms with van der Waals surface area (Å²) in [4.78, 5) is 12.6. The fourth-order valence-electron chi connectivity index (χ4n) is 3.77. The molecule has 1 unspecified atom stereocenters. The van der Waals surface area contributed by atoms with Crippen molar-refractivity contribution in [3.05, 3.63) is 83.4 Å². The molecule has 0 radical (unpaired) electrons. The molecule has 0 heterocycles. The molecule has 0 saturated carbocycles. The molecule has 2 nitrogen and oxygen atoms in total. The van der Waals surface area contributed by atoms with Crippen molar-refractivity contribution >= 4 is 16.7 Å². The van der Waals surface area contributed by atoms with Crippen molar-refractivity contribution in [1.29, 1.82) is 0 Å². The maximum absolute atomic E-state index is 12.6. The number of carbonyl (C=O) groups excluding carboxylic acids is 1. The van der Waals surface area contributed by atoms with Gasteiger partial charge < -0.3 is 5.32 Å². The molecule has 1 amide bonds. The van der Waals surface area contributed by atoms with E-state index in [4.69, 9.17) is 0 Å². The van der Waals surface area contributed by atoms with Gasteiger partial charge in [0.25, 0.3) is 0 Å². The lowest BCUT2D eigenvalue weighted by atomic mass is 9.87. The van der Waals surface area contributed by atoms with Crippen LogP contribution in [-0.2, 0) is 17.6 Å². The van der Waals surface area contributed by atoms with Crippen LogP contribution in [0.4, 0.5) is 0 Å². The van der Waals surface area contributed by atoms with Gasteiger partial charge in [0, 0.05) is 0 Å². The van der Waals surface area contributed by atoms with Crippen molar-refractivity contribution in [2.24, 2.45) is 0 Å². The summed E-state index contributed by atoms with van der Waals surface area (Å²) in [5, 5.41) is 5.60. The zero-order valence-corrected chi connectivity index (χ0v) is 13.7. The molecular formula is C22H21NO. The van der Waals surface area contributed by atoms with E-state index in [-0.39, 0.29) is 11.9 Å². The van der Waals surface area contributed by atoms with Gasteiger partial charge in [-0.25, -0.2) is 0 Å². The largest absolute Gasteiger partial charge is 0.349 e. The Morgan fingerprint density at radius 2 is 1.75 bits per heavy atom. The van der Waals surface area contributed by atoms with Gasteiger partial charge in [0.1, 0.15) is 0 Å². The third-order valence-electron chi connectivity index (χ3n) is 4.94. The van der Waals surface area contributed by atoms with Crippen molar-refractivity contribution in [1.82, 2.24) is 5.32 Å². The average molecular weight is 315 g/mol. The van der Waals surface area contributed by atoms with Gasteiger partial charge in [-0.3, -0.25) is 4.79 Å². The molecule has 4 rings (SSSR count). The van der Waals surface area contributed by atoms with Gasteiger partial charge in [-0.15, -0.1) is 0 Å². The maximum atomic E-state index is 12.6. The van der Waals surface area contributed by atoms with Crippen LogP contribution in [0.25, 0.3) is 10.8 Å². The van der Waals surface area contributed by atoms with Gasteiger partial charge in [0.2, 0.25) is 5.91 Å². The first kappa shape index (κ1) is 14.9. The van der Waals surface area contributed by atoms with Crippen LogP contribution in [0.3, 0.4) is 0 Å². The van der Waals surface area contributed by atoms with Crippen LogP contribution in [0, 0.1) is 0 Å². The molecule has 2 heteroatoms. The Bertz CT molecular complexity index is 879. The van der Waals surface area contributed by atoms with E-state index in [1.165, 1.54) is 21.9 Å². The lowest BCUT2D eigenvalue weighted by molar-refractivity contribution is -0.121. The number of hydrogen-bond donors (Lipinski definition) is 1. The Labute approximate surface area is 142 Å². The van der Waals surface area contributed by atoms with Gasteiger partial charge in [-0.05, 0) is 46.7 Å². The lowest BCUT2D eigenvalue weighted by Crippen LogP contribution is -2.32. The zero-order chi connectivity index (χ0) is 16.4. The van der Waals surface area contributed by atoms with Crippen molar-refractivity contribution < 1.29 is 4.79 Å². The van der Waals surface area contributed by atoms with Gasteiger partial charge in [-0.1, -0.05) is 66.7 Å². The molecule has 120 valence electrons. The smallest absolute Gasteiger partial charge is 0.224 e. The van der Waals surface area contributed by atoms with Crippen molar-refractivity contribution in [3.63, 3.8) is 0 Å². The molecule has 1 aliphatic rings.